The van der Waals surface area contributed by atoms with Crippen molar-refractivity contribution >= 4 is 11.6 Å². The van der Waals surface area contributed by atoms with Crippen molar-refractivity contribution in [2.24, 2.45) is 0 Å². The highest BCUT2D eigenvalue weighted by atomic mass is 16.2. The summed E-state index contributed by atoms with van der Waals surface area (Å²) in [6.45, 7) is 5.31. The van der Waals surface area contributed by atoms with E-state index in [0.29, 0.717) is 13.1 Å². The maximum atomic E-state index is 12.0. The van der Waals surface area contributed by atoms with Gasteiger partial charge in [-0.3, -0.25) is 10.1 Å². The Morgan fingerprint density at radius 2 is 2.29 bits per heavy atom. The van der Waals surface area contributed by atoms with Crippen LogP contribution in [0.15, 0.2) is 24.3 Å². The monoisotopic (exact) mass is 230 g/mol. The van der Waals surface area contributed by atoms with E-state index in [9.17, 15) is 4.79 Å². The number of carbonyl (C=O) groups is 1. The van der Waals surface area contributed by atoms with E-state index in [1.165, 1.54) is 0 Å². The number of carbonyl (C=O) groups excluding carboxylic acids is 1. The second-order valence-electron chi connectivity index (χ2n) is 3.78. The van der Waals surface area contributed by atoms with Crippen molar-refractivity contribution in [1.29, 1.82) is 0 Å². The molecule has 0 aromatic heterocycles. The second kappa shape index (κ2) is 6.72. The largest absolute Gasteiger partial charge is 0.312 e. The first-order valence-corrected chi connectivity index (χ1v) is 5.70. The molecule has 0 spiro atoms. The summed E-state index contributed by atoms with van der Waals surface area (Å²) in [5.74, 6) is 2.48. The third-order valence-corrected chi connectivity index (χ3v) is 2.43. The van der Waals surface area contributed by atoms with E-state index in [1.54, 1.807) is 4.90 Å². The van der Waals surface area contributed by atoms with Gasteiger partial charge < -0.3 is 4.90 Å². The van der Waals surface area contributed by atoms with Crippen LogP contribution in [0.3, 0.4) is 0 Å². The number of nitrogens with one attached hydrogen (secondary N) is 1. The van der Waals surface area contributed by atoms with E-state index in [2.05, 4.69) is 11.2 Å². The van der Waals surface area contributed by atoms with Crippen LogP contribution in [0.1, 0.15) is 12.5 Å². The summed E-state index contributed by atoms with van der Waals surface area (Å²) in [6.07, 6.45) is 5.12. The average Bonchev–Trinajstić information content (AvgIpc) is 2.30. The highest BCUT2D eigenvalue weighted by Crippen LogP contribution is 2.15. The first kappa shape index (κ1) is 13.3. The van der Waals surface area contributed by atoms with E-state index in [0.717, 1.165) is 11.3 Å². The molecule has 0 saturated heterocycles. The first-order chi connectivity index (χ1) is 8.19. The standard InChI is InChI=1S/C14H18N2O/c1-4-9-15-11-14(17)16(5-2)13-8-6-7-12(3)10-13/h1,6-8,10,15H,5,9,11H2,2-3H3. The maximum Gasteiger partial charge on any atom is 0.240 e. The molecule has 0 atom stereocenters. The predicted molar refractivity (Wildman–Crippen MR) is 70.9 cm³/mol. The van der Waals surface area contributed by atoms with Gasteiger partial charge in [0.15, 0.2) is 0 Å². The molecular weight excluding hydrogens is 212 g/mol. The Bertz CT molecular complexity index is 420. The fourth-order valence-corrected chi connectivity index (χ4v) is 1.64. The highest BCUT2D eigenvalue weighted by molar-refractivity contribution is 5.94. The molecule has 0 unspecified atom stereocenters. The number of aryl methyl sites for hydroxylation is 1. The molecule has 1 aromatic rings. The Kier molecular flexibility index (Phi) is 5.25. The van der Waals surface area contributed by atoms with Crippen LogP contribution in [0, 0.1) is 19.3 Å². The van der Waals surface area contributed by atoms with Gasteiger partial charge >= 0.3 is 0 Å². The minimum atomic E-state index is 0.0355. The van der Waals surface area contributed by atoms with Gasteiger partial charge in [-0.05, 0) is 31.5 Å². The summed E-state index contributed by atoms with van der Waals surface area (Å²) in [7, 11) is 0. The van der Waals surface area contributed by atoms with Gasteiger partial charge in [0.25, 0.3) is 0 Å². The molecule has 3 heteroatoms. The zero-order valence-electron chi connectivity index (χ0n) is 10.4. The zero-order valence-corrected chi connectivity index (χ0v) is 10.4. The van der Waals surface area contributed by atoms with E-state index in [4.69, 9.17) is 6.42 Å². The number of rotatable bonds is 5. The van der Waals surface area contributed by atoms with Crippen LogP contribution in [0.4, 0.5) is 5.69 Å². The molecule has 0 aliphatic carbocycles. The number of hydrogen-bond acceptors (Lipinski definition) is 2. The normalized spacial score (nSPS) is 9.71. The van der Waals surface area contributed by atoms with Gasteiger partial charge in [0.05, 0.1) is 13.1 Å². The van der Waals surface area contributed by atoms with Crippen molar-refractivity contribution in [3.8, 4) is 12.3 Å². The molecule has 1 N–H and O–H groups in total. The van der Waals surface area contributed by atoms with E-state index in [1.807, 2.05) is 38.1 Å². The lowest BCUT2D eigenvalue weighted by atomic mass is 10.2. The molecule has 0 aliphatic rings. The van der Waals surface area contributed by atoms with Crippen LogP contribution in [0.2, 0.25) is 0 Å². The molecule has 1 rings (SSSR count). The van der Waals surface area contributed by atoms with Crippen molar-refractivity contribution in [2.75, 3.05) is 24.5 Å². The Morgan fingerprint density at radius 1 is 1.53 bits per heavy atom. The summed E-state index contributed by atoms with van der Waals surface area (Å²) < 4.78 is 0. The van der Waals surface area contributed by atoms with E-state index in [-0.39, 0.29) is 12.5 Å². The molecule has 17 heavy (non-hydrogen) atoms. The molecule has 0 aliphatic heterocycles. The molecule has 0 heterocycles. The molecule has 90 valence electrons. The van der Waals surface area contributed by atoms with Crippen LogP contribution in [-0.4, -0.2) is 25.5 Å². The topological polar surface area (TPSA) is 32.3 Å². The van der Waals surface area contributed by atoms with Gasteiger partial charge in [-0.25, -0.2) is 0 Å². The number of nitrogens with zero attached hydrogens (tertiary/aromatic N) is 1. The predicted octanol–water partition coefficient (Wildman–Crippen LogP) is 1.57. The molecule has 1 aromatic carbocycles. The van der Waals surface area contributed by atoms with Crippen LogP contribution in [0.25, 0.3) is 0 Å². The molecule has 0 bridgehead atoms. The smallest absolute Gasteiger partial charge is 0.240 e. The summed E-state index contributed by atoms with van der Waals surface area (Å²) in [5.41, 5.74) is 2.07. The number of anilines is 1. The van der Waals surface area contributed by atoms with Gasteiger partial charge in [-0.2, -0.15) is 0 Å². The number of likely N-dealkylation sites (N-methyl/N-ethyl adjacent to an activating group) is 1. The summed E-state index contributed by atoms with van der Waals surface area (Å²) in [6, 6.07) is 7.91. The second-order valence-corrected chi connectivity index (χ2v) is 3.78. The van der Waals surface area contributed by atoms with Crippen LogP contribution in [0.5, 0.6) is 0 Å². The Balaban J connectivity index is 2.71. The Hall–Kier alpha value is -1.79. The minimum Gasteiger partial charge on any atom is -0.312 e. The summed E-state index contributed by atoms with van der Waals surface area (Å²) >= 11 is 0. The third-order valence-electron chi connectivity index (χ3n) is 2.43. The van der Waals surface area contributed by atoms with E-state index < -0.39 is 0 Å². The molecular formula is C14H18N2O. The maximum absolute atomic E-state index is 12.0. The van der Waals surface area contributed by atoms with Crippen molar-refractivity contribution < 1.29 is 4.79 Å². The van der Waals surface area contributed by atoms with Crippen molar-refractivity contribution in [2.45, 2.75) is 13.8 Å². The van der Waals surface area contributed by atoms with Gasteiger partial charge in [0, 0.05) is 12.2 Å². The number of hydrogen-bond donors (Lipinski definition) is 1. The van der Waals surface area contributed by atoms with Crippen LogP contribution >= 0.6 is 0 Å². The number of amides is 1. The van der Waals surface area contributed by atoms with Crippen molar-refractivity contribution in [3.05, 3.63) is 29.8 Å². The number of terminal acetylenes is 1. The lowest BCUT2D eigenvalue weighted by Crippen LogP contribution is -2.38. The summed E-state index contributed by atoms with van der Waals surface area (Å²) in [5, 5.41) is 2.91. The lowest BCUT2D eigenvalue weighted by Gasteiger charge is -2.21. The molecule has 0 radical (unpaired) electrons. The minimum absolute atomic E-state index is 0.0355. The Morgan fingerprint density at radius 3 is 2.88 bits per heavy atom. The first-order valence-electron chi connectivity index (χ1n) is 5.70. The van der Waals surface area contributed by atoms with Gasteiger partial charge in [-0.1, -0.05) is 18.1 Å². The number of benzene rings is 1. The molecule has 3 nitrogen and oxygen atoms in total. The SMILES string of the molecule is C#CCNCC(=O)N(CC)c1cccc(C)c1. The molecule has 1 amide bonds. The van der Waals surface area contributed by atoms with Crippen LogP contribution < -0.4 is 10.2 Å². The fraction of sp³-hybridized carbons (Fsp3) is 0.357. The van der Waals surface area contributed by atoms with Crippen LogP contribution in [-0.2, 0) is 4.79 Å². The third kappa shape index (κ3) is 3.93. The summed E-state index contributed by atoms with van der Waals surface area (Å²) in [4.78, 5) is 13.7. The fourth-order valence-electron chi connectivity index (χ4n) is 1.64. The molecule has 0 fully saturated rings. The quantitative estimate of drug-likeness (QED) is 0.615. The van der Waals surface area contributed by atoms with Gasteiger partial charge in [0.1, 0.15) is 0 Å². The van der Waals surface area contributed by atoms with Crippen molar-refractivity contribution in [1.82, 2.24) is 5.32 Å². The molecule has 0 saturated carbocycles. The lowest BCUT2D eigenvalue weighted by molar-refractivity contribution is -0.117. The zero-order chi connectivity index (χ0) is 12.7. The highest BCUT2D eigenvalue weighted by Gasteiger charge is 2.12. The van der Waals surface area contributed by atoms with Crippen molar-refractivity contribution in [3.63, 3.8) is 0 Å². The van der Waals surface area contributed by atoms with E-state index >= 15 is 0 Å². The Labute approximate surface area is 103 Å². The van der Waals surface area contributed by atoms with Gasteiger partial charge in [-0.15, -0.1) is 6.42 Å². The van der Waals surface area contributed by atoms with Gasteiger partial charge in [0.2, 0.25) is 5.91 Å². The average molecular weight is 230 g/mol.